The molecule has 100 valence electrons. The fourth-order valence-corrected chi connectivity index (χ4v) is 1.53. The van der Waals surface area contributed by atoms with E-state index in [0.717, 1.165) is 12.8 Å². The number of hydrogen-bond donors (Lipinski definition) is 2. The molecule has 0 atom stereocenters. The molecule has 18 heavy (non-hydrogen) atoms. The maximum absolute atomic E-state index is 11.5. The topological polar surface area (TPSA) is 92.4 Å². The zero-order chi connectivity index (χ0) is 13.4. The number of aliphatic carboxylic acids is 1. The van der Waals surface area contributed by atoms with Crippen LogP contribution in [0, 0.1) is 6.92 Å². The van der Waals surface area contributed by atoms with Crippen LogP contribution in [0.3, 0.4) is 0 Å². The van der Waals surface area contributed by atoms with Gasteiger partial charge in [0.05, 0.1) is 12.1 Å². The molecule has 1 rings (SSSR count). The minimum absolute atomic E-state index is 0.0958. The van der Waals surface area contributed by atoms with Crippen molar-refractivity contribution in [2.45, 2.75) is 39.0 Å². The Morgan fingerprint density at radius 2 is 2.17 bits per heavy atom. The van der Waals surface area contributed by atoms with Crippen molar-refractivity contribution in [3.8, 4) is 0 Å². The monoisotopic (exact) mass is 254 g/mol. The van der Waals surface area contributed by atoms with E-state index in [2.05, 4.69) is 10.5 Å². The Balaban J connectivity index is 2.05. The van der Waals surface area contributed by atoms with Crippen LogP contribution < -0.4 is 5.32 Å². The van der Waals surface area contributed by atoms with E-state index in [1.54, 1.807) is 13.0 Å². The zero-order valence-electron chi connectivity index (χ0n) is 10.4. The van der Waals surface area contributed by atoms with Gasteiger partial charge in [0.2, 0.25) is 5.91 Å². The number of carbonyl (C=O) groups excluding carboxylic acids is 1. The van der Waals surface area contributed by atoms with E-state index >= 15 is 0 Å². The first kappa shape index (κ1) is 14.2. The highest BCUT2D eigenvalue weighted by Crippen LogP contribution is 2.02. The number of hydrogen-bond acceptors (Lipinski definition) is 4. The van der Waals surface area contributed by atoms with Crippen LogP contribution in [-0.2, 0) is 16.0 Å². The van der Waals surface area contributed by atoms with Crippen molar-refractivity contribution in [1.29, 1.82) is 0 Å². The Labute approximate surface area is 105 Å². The summed E-state index contributed by atoms with van der Waals surface area (Å²) in [6, 6.07) is 1.73. The highest BCUT2D eigenvalue weighted by molar-refractivity contribution is 5.78. The van der Waals surface area contributed by atoms with Crippen molar-refractivity contribution in [2.75, 3.05) is 6.54 Å². The second-order valence-electron chi connectivity index (χ2n) is 4.16. The highest BCUT2D eigenvalue weighted by atomic mass is 16.5. The molecule has 0 bridgehead atoms. The summed E-state index contributed by atoms with van der Waals surface area (Å²) in [6.07, 6.45) is 2.64. The third-order valence-corrected chi connectivity index (χ3v) is 2.41. The molecule has 0 saturated heterocycles. The summed E-state index contributed by atoms with van der Waals surface area (Å²) >= 11 is 0. The third-order valence-electron chi connectivity index (χ3n) is 2.41. The molecule has 2 N–H and O–H groups in total. The lowest BCUT2D eigenvalue weighted by Gasteiger charge is -2.03. The SMILES string of the molecule is Cc1cc(CC(=O)NCCCCCC(=O)O)no1. The molecule has 1 heterocycles. The molecule has 1 amide bonds. The summed E-state index contributed by atoms with van der Waals surface area (Å²) in [5.41, 5.74) is 0.621. The Kier molecular flexibility index (Phi) is 5.90. The largest absolute Gasteiger partial charge is 0.481 e. The van der Waals surface area contributed by atoms with Gasteiger partial charge in [0, 0.05) is 19.0 Å². The molecule has 1 aromatic heterocycles. The second-order valence-corrected chi connectivity index (χ2v) is 4.16. The normalized spacial score (nSPS) is 10.3. The number of carboxylic acid groups (broad SMARTS) is 1. The maximum Gasteiger partial charge on any atom is 0.303 e. The van der Waals surface area contributed by atoms with Crippen molar-refractivity contribution in [3.63, 3.8) is 0 Å². The number of carboxylic acids is 1. The predicted octanol–water partition coefficient (Wildman–Crippen LogP) is 1.29. The minimum atomic E-state index is -0.777. The summed E-state index contributed by atoms with van der Waals surface area (Å²) < 4.78 is 4.86. The van der Waals surface area contributed by atoms with Crippen molar-refractivity contribution in [2.24, 2.45) is 0 Å². The first-order valence-electron chi connectivity index (χ1n) is 5.98. The van der Waals surface area contributed by atoms with Gasteiger partial charge in [-0.05, 0) is 19.8 Å². The summed E-state index contributed by atoms with van der Waals surface area (Å²) in [7, 11) is 0. The van der Waals surface area contributed by atoms with Gasteiger partial charge in [0.1, 0.15) is 5.76 Å². The molecule has 0 spiro atoms. The van der Waals surface area contributed by atoms with Crippen LogP contribution in [0.4, 0.5) is 0 Å². The van der Waals surface area contributed by atoms with Crippen molar-refractivity contribution in [1.82, 2.24) is 10.5 Å². The average Bonchev–Trinajstić information content (AvgIpc) is 2.68. The fraction of sp³-hybridized carbons (Fsp3) is 0.583. The standard InChI is InChI=1S/C12H18N2O4/c1-9-7-10(14-18-9)8-11(15)13-6-4-2-3-5-12(16)17/h7H,2-6,8H2,1H3,(H,13,15)(H,16,17). The number of aromatic nitrogens is 1. The van der Waals surface area contributed by atoms with Gasteiger partial charge < -0.3 is 14.9 Å². The quantitative estimate of drug-likeness (QED) is 0.682. The van der Waals surface area contributed by atoms with Gasteiger partial charge in [0.25, 0.3) is 0 Å². The average molecular weight is 254 g/mol. The molecule has 0 radical (unpaired) electrons. The predicted molar refractivity (Wildman–Crippen MR) is 64.1 cm³/mol. The van der Waals surface area contributed by atoms with Gasteiger partial charge in [-0.15, -0.1) is 0 Å². The second kappa shape index (κ2) is 7.47. The molecule has 6 heteroatoms. The van der Waals surface area contributed by atoms with Gasteiger partial charge in [-0.2, -0.15) is 0 Å². The summed E-state index contributed by atoms with van der Waals surface area (Å²) in [5.74, 6) is -0.187. The Morgan fingerprint density at radius 1 is 1.39 bits per heavy atom. The van der Waals surface area contributed by atoms with E-state index in [1.165, 1.54) is 0 Å². The van der Waals surface area contributed by atoms with Gasteiger partial charge in [-0.25, -0.2) is 0 Å². The maximum atomic E-state index is 11.5. The lowest BCUT2D eigenvalue weighted by Crippen LogP contribution is -2.26. The van der Waals surface area contributed by atoms with Crippen molar-refractivity contribution < 1.29 is 19.2 Å². The number of nitrogens with one attached hydrogen (secondary N) is 1. The molecule has 6 nitrogen and oxygen atoms in total. The number of carbonyl (C=O) groups is 2. The van der Waals surface area contributed by atoms with Crippen LogP contribution in [0.2, 0.25) is 0 Å². The molecular formula is C12H18N2O4. The molecule has 0 aliphatic rings. The van der Waals surface area contributed by atoms with Crippen LogP contribution >= 0.6 is 0 Å². The van der Waals surface area contributed by atoms with E-state index in [1.807, 2.05) is 0 Å². The summed E-state index contributed by atoms with van der Waals surface area (Å²) in [6.45, 7) is 2.34. The van der Waals surface area contributed by atoms with E-state index in [4.69, 9.17) is 9.63 Å². The first-order valence-corrected chi connectivity index (χ1v) is 5.98. The molecule has 0 aliphatic heterocycles. The molecule has 0 aromatic carbocycles. The van der Waals surface area contributed by atoms with Gasteiger partial charge in [-0.3, -0.25) is 9.59 Å². The van der Waals surface area contributed by atoms with Crippen molar-refractivity contribution in [3.05, 3.63) is 17.5 Å². The van der Waals surface area contributed by atoms with Crippen LogP contribution in [-0.4, -0.2) is 28.7 Å². The van der Waals surface area contributed by atoms with Gasteiger partial charge >= 0.3 is 5.97 Å². The van der Waals surface area contributed by atoms with E-state index in [9.17, 15) is 9.59 Å². The van der Waals surface area contributed by atoms with Crippen molar-refractivity contribution >= 4 is 11.9 Å². The lowest BCUT2D eigenvalue weighted by atomic mass is 10.2. The number of aryl methyl sites for hydroxylation is 1. The fourth-order valence-electron chi connectivity index (χ4n) is 1.53. The molecule has 0 unspecified atom stereocenters. The molecule has 0 fully saturated rings. The molecule has 1 aromatic rings. The number of nitrogens with zero attached hydrogens (tertiary/aromatic N) is 1. The Bertz CT molecular complexity index is 401. The van der Waals surface area contributed by atoms with Gasteiger partial charge in [-0.1, -0.05) is 11.6 Å². The summed E-state index contributed by atoms with van der Waals surface area (Å²) in [4.78, 5) is 21.7. The Morgan fingerprint density at radius 3 is 2.78 bits per heavy atom. The summed E-state index contributed by atoms with van der Waals surface area (Å²) in [5, 5.41) is 14.9. The molecule has 0 aliphatic carbocycles. The van der Waals surface area contributed by atoms with Crippen LogP contribution in [0.15, 0.2) is 10.6 Å². The number of unbranched alkanes of at least 4 members (excludes halogenated alkanes) is 2. The molecule has 0 saturated carbocycles. The first-order chi connectivity index (χ1) is 8.58. The minimum Gasteiger partial charge on any atom is -0.481 e. The Hall–Kier alpha value is -1.85. The molecular weight excluding hydrogens is 236 g/mol. The number of rotatable bonds is 8. The van der Waals surface area contributed by atoms with E-state index in [-0.39, 0.29) is 18.7 Å². The lowest BCUT2D eigenvalue weighted by molar-refractivity contribution is -0.137. The smallest absolute Gasteiger partial charge is 0.303 e. The van der Waals surface area contributed by atoms with E-state index < -0.39 is 5.97 Å². The highest BCUT2D eigenvalue weighted by Gasteiger charge is 2.06. The van der Waals surface area contributed by atoms with Crippen LogP contribution in [0.5, 0.6) is 0 Å². The third kappa shape index (κ3) is 6.03. The van der Waals surface area contributed by atoms with Gasteiger partial charge in [0.15, 0.2) is 0 Å². The van der Waals surface area contributed by atoms with Crippen LogP contribution in [0.25, 0.3) is 0 Å². The zero-order valence-corrected chi connectivity index (χ0v) is 10.4. The van der Waals surface area contributed by atoms with Crippen LogP contribution in [0.1, 0.15) is 37.1 Å². The number of amides is 1. The van der Waals surface area contributed by atoms with E-state index in [0.29, 0.717) is 24.4 Å².